The van der Waals surface area contributed by atoms with Crippen LogP contribution in [0.2, 0.25) is 0 Å². The molecule has 0 spiro atoms. The molecule has 0 amide bonds. The minimum Gasteiger partial charge on any atom is -0.355 e. The standard InChI is InChI=1S/C52H37N7/c1-52(2)38-22-10-11-23-40(38)53-43-32-49-37(31-39(43)52)36-21-9-14-26-46(36)57(49)35-29-44(50-55-41-24-12-15-27-47(41)58(50)33-17-5-3-6-18-33)54-45(30-35)51-56-42-25-13-16-28-48(42)59(51)34-19-7-4-8-20-34/h3-32,53H,1-2H3. The number of para-hydroxylation sites is 8. The Kier molecular flexibility index (Phi) is 7.14. The Morgan fingerprint density at radius 3 is 1.54 bits per heavy atom. The number of imidazole rings is 2. The van der Waals surface area contributed by atoms with Crippen LogP contribution >= 0.6 is 0 Å². The van der Waals surface area contributed by atoms with Crippen molar-refractivity contribution in [3.05, 3.63) is 193 Å². The van der Waals surface area contributed by atoms with E-state index in [1.165, 1.54) is 21.9 Å². The van der Waals surface area contributed by atoms with E-state index in [1.54, 1.807) is 0 Å². The molecule has 0 fully saturated rings. The number of pyridine rings is 1. The Morgan fingerprint density at radius 2 is 0.915 bits per heavy atom. The summed E-state index contributed by atoms with van der Waals surface area (Å²) in [4.78, 5) is 16.2. The van der Waals surface area contributed by atoms with Crippen molar-refractivity contribution in [2.75, 3.05) is 5.32 Å². The van der Waals surface area contributed by atoms with Crippen molar-refractivity contribution in [3.63, 3.8) is 0 Å². The summed E-state index contributed by atoms with van der Waals surface area (Å²) < 4.78 is 6.83. The molecule has 0 saturated carbocycles. The number of benzene rings is 7. The van der Waals surface area contributed by atoms with E-state index in [0.29, 0.717) is 0 Å². The van der Waals surface area contributed by atoms with E-state index in [-0.39, 0.29) is 5.41 Å². The van der Waals surface area contributed by atoms with Gasteiger partial charge in [-0.25, -0.2) is 15.0 Å². The first-order valence-electron chi connectivity index (χ1n) is 20.0. The van der Waals surface area contributed by atoms with Gasteiger partial charge >= 0.3 is 0 Å². The highest BCUT2D eigenvalue weighted by Gasteiger charge is 2.33. The molecule has 4 aromatic heterocycles. The summed E-state index contributed by atoms with van der Waals surface area (Å²) in [5.41, 5.74) is 15.1. The molecular formula is C52H37N7. The maximum absolute atomic E-state index is 5.53. The van der Waals surface area contributed by atoms with Crippen LogP contribution in [0.15, 0.2) is 182 Å². The lowest BCUT2D eigenvalue weighted by atomic mass is 9.74. The number of rotatable bonds is 5. The zero-order chi connectivity index (χ0) is 39.2. The van der Waals surface area contributed by atoms with Crippen molar-refractivity contribution in [1.29, 1.82) is 0 Å². The van der Waals surface area contributed by atoms with Crippen molar-refractivity contribution in [2.24, 2.45) is 0 Å². The predicted molar refractivity (Wildman–Crippen MR) is 241 cm³/mol. The Labute approximate surface area is 340 Å². The predicted octanol–water partition coefficient (Wildman–Crippen LogP) is 12.6. The van der Waals surface area contributed by atoms with Crippen molar-refractivity contribution >= 4 is 55.2 Å². The lowest BCUT2D eigenvalue weighted by molar-refractivity contribution is 0.639. The topological polar surface area (TPSA) is 65.5 Å². The number of anilines is 2. The molecule has 0 saturated heterocycles. The van der Waals surface area contributed by atoms with Crippen LogP contribution in [0.5, 0.6) is 0 Å². The second-order valence-electron chi connectivity index (χ2n) is 15.8. The summed E-state index contributed by atoms with van der Waals surface area (Å²) in [6.07, 6.45) is 0. The largest absolute Gasteiger partial charge is 0.355 e. The van der Waals surface area contributed by atoms with Crippen molar-refractivity contribution < 1.29 is 0 Å². The van der Waals surface area contributed by atoms with E-state index < -0.39 is 0 Å². The Hall–Kier alpha value is -7.77. The molecule has 0 atom stereocenters. The normalized spacial score (nSPS) is 13.2. The molecule has 7 aromatic carbocycles. The molecule has 12 rings (SSSR count). The van der Waals surface area contributed by atoms with Crippen LogP contribution in [0, 0.1) is 0 Å². The molecule has 0 bridgehead atoms. The first-order valence-corrected chi connectivity index (χ1v) is 20.0. The lowest BCUT2D eigenvalue weighted by Crippen LogP contribution is -2.25. The minimum atomic E-state index is -0.196. The summed E-state index contributed by atoms with van der Waals surface area (Å²) in [5, 5.41) is 6.20. The van der Waals surface area contributed by atoms with Gasteiger partial charge in [-0.3, -0.25) is 9.13 Å². The average Bonchev–Trinajstić information content (AvgIpc) is 3.97. The van der Waals surface area contributed by atoms with Gasteiger partial charge in [-0.1, -0.05) is 111 Å². The Morgan fingerprint density at radius 1 is 0.390 bits per heavy atom. The van der Waals surface area contributed by atoms with E-state index >= 15 is 0 Å². The van der Waals surface area contributed by atoms with Crippen LogP contribution in [0.3, 0.4) is 0 Å². The number of nitrogens with one attached hydrogen (secondary N) is 1. The van der Waals surface area contributed by atoms with Gasteiger partial charge in [0, 0.05) is 38.9 Å². The summed E-state index contributed by atoms with van der Waals surface area (Å²) in [7, 11) is 0. The third-order valence-electron chi connectivity index (χ3n) is 12.0. The molecule has 0 unspecified atom stereocenters. The molecule has 0 aliphatic carbocycles. The molecule has 11 aromatic rings. The Balaban J connectivity index is 1.19. The minimum absolute atomic E-state index is 0.196. The smallest absolute Gasteiger partial charge is 0.164 e. The first kappa shape index (κ1) is 33.4. The van der Waals surface area contributed by atoms with Gasteiger partial charge in [0.2, 0.25) is 0 Å². The number of aromatic nitrogens is 6. The second-order valence-corrected chi connectivity index (χ2v) is 15.8. The van der Waals surface area contributed by atoms with Crippen LogP contribution in [-0.4, -0.2) is 28.7 Å². The van der Waals surface area contributed by atoms with Crippen molar-refractivity contribution in [1.82, 2.24) is 28.7 Å². The quantitative estimate of drug-likeness (QED) is 0.190. The maximum atomic E-state index is 5.53. The van der Waals surface area contributed by atoms with Gasteiger partial charge in [-0.2, -0.15) is 0 Å². The van der Waals surface area contributed by atoms with Crippen LogP contribution in [0.1, 0.15) is 25.0 Å². The lowest BCUT2D eigenvalue weighted by Gasteiger charge is -2.35. The average molecular weight is 760 g/mol. The van der Waals surface area contributed by atoms with Gasteiger partial charge in [0.25, 0.3) is 0 Å². The van der Waals surface area contributed by atoms with E-state index in [1.807, 2.05) is 24.3 Å². The van der Waals surface area contributed by atoms with Gasteiger partial charge in [-0.05, 0) is 96.1 Å². The van der Waals surface area contributed by atoms with Crippen LogP contribution in [0.25, 0.3) is 84.0 Å². The molecule has 1 aliphatic heterocycles. The zero-order valence-electron chi connectivity index (χ0n) is 32.5. The SMILES string of the molecule is CC1(C)c2ccccc2Nc2cc3c(cc21)c1ccccc1n3-c1cc(-c2nc3ccccc3n2-c2ccccc2)nc(-c2nc3ccccc3n2-c2ccccc2)c1. The fraction of sp³-hybridized carbons (Fsp3) is 0.0577. The third-order valence-corrected chi connectivity index (χ3v) is 12.0. The first-order chi connectivity index (χ1) is 29.0. The van der Waals surface area contributed by atoms with E-state index in [0.717, 1.165) is 84.6 Å². The van der Waals surface area contributed by atoms with Gasteiger partial charge < -0.3 is 9.88 Å². The molecule has 7 nitrogen and oxygen atoms in total. The van der Waals surface area contributed by atoms with Crippen molar-refractivity contribution in [2.45, 2.75) is 19.3 Å². The summed E-state index contributed by atoms with van der Waals surface area (Å²) >= 11 is 0. The highest BCUT2D eigenvalue weighted by atomic mass is 15.1. The van der Waals surface area contributed by atoms with Crippen LogP contribution < -0.4 is 5.32 Å². The second kappa shape index (κ2) is 12.6. The molecule has 1 aliphatic rings. The van der Waals surface area contributed by atoms with E-state index in [2.05, 4.69) is 191 Å². The molecule has 5 heterocycles. The summed E-state index contributed by atoms with van der Waals surface area (Å²) in [6.45, 7) is 4.66. The van der Waals surface area contributed by atoms with Gasteiger partial charge in [0.05, 0.1) is 38.8 Å². The van der Waals surface area contributed by atoms with Crippen molar-refractivity contribution in [3.8, 4) is 40.1 Å². The fourth-order valence-electron chi connectivity index (χ4n) is 9.29. The molecule has 280 valence electrons. The number of fused-ring (bicyclic) bond motifs is 7. The summed E-state index contributed by atoms with van der Waals surface area (Å²) in [6, 6.07) is 64.0. The highest BCUT2D eigenvalue weighted by Crippen LogP contribution is 2.48. The number of hydrogen-bond donors (Lipinski definition) is 1. The number of hydrogen-bond acceptors (Lipinski definition) is 4. The monoisotopic (exact) mass is 759 g/mol. The molecule has 1 N–H and O–H groups in total. The zero-order valence-corrected chi connectivity index (χ0v) is 32.5. The van der Waals surface area contributed by atoms with Crippen LogP contribution in [-0.2, 0) is 5.41 Å². The molecule has 0 radical (unpaired) electrons. The Bertz CT molecular complexity index is 3310. The van der Waals surface area contributed by atoms with Crippen LogP contribution in [0.4, 0.5) is 11.4 Å². The maximum Gasteiger partial charge on any atom is 0.164 e. The molecule has 7 heteroatoms. The molecular weight excluding hydrogens is 723 g/mol. The third kappa shape index (κ3) is 5.04. The number of nitrogens with zero attached hydrogens (tertiary/aromatic N) is 6. The van der Waals surface area contributed by atoms with Gasteiger partial charge in [0.1, 0.15) is 11.4 Å². The van der Waals surface area contributed by atoms with E-state index in [4.69, 9.17) is 15.0 Å². The highest BCUT2D eigenvalue weighted by molar-refractivity contribution is 6.11. The fourth-order valence-corrected chi connectivity index (χ4v) is 9.29. The summed E-state index contributed by atoms with van der Waals surface area (Å²) in [5.74, 6) is 1.50. The van der Waals surface area contributed by atoms with Gasteiger partial charge in [0.15, 0.2) is 11.6 Å². The molecule has 59 heavy (non-hydrogen) atoms. The van der Waals surface area contributed by atoms with Gasteiger partial charge in [-0.15, -0.1) is 0 Å². The van der Waals surface area contributed by atoms with E-state index in [9.17, 15) is 0 Å².